The monoisotopic (exact) mass is 230 g/mol. The van der Waals surface area contributed by atoms with E-state index in [1.807, 2.05) is 12.1 Å². The highest BCUT2D eigenvalue weighted by atomic mass is 16.5. The number of carbonyl (C=O) groups is 1. The van der Waals surface area contributed by atoms with Crippen LogP contribution in [0.5, 0.6) is 0 Å². The smallest absolute Gasteiger partial charge is 0.306 e. The Kier molecular flexibility index (Phi) is 3.29. The predicted octanol–water partition coefficient (Wildman–Crippen LogP) is 2.02. The van der Waals surface area contributed by atoms with Gasteiger partial charge in [-0.05, 0) is 30.7 Å². The molecule has 88 valence electrons. The van der Waals surface area contributed by atoms with Gasteiger partial charge in [-0.3, -0.25) is 4.79 Å². The summed E-state index contributed by atoms with van der Waals surface area (Å²) in [5.74, 6) is -0.0770. The van der Waals surface area contributed by atoms with E-state index in [1.165, 1.54) is 0 Å². The Morgan fingerprint density at radius 1 is 1.65 bits per heavy atom. The Labute approximate surface area is 100 Å². The average molecular weight is 230 g/mol. The number of nitrogens with one attached hydrogen (secondary N) is 1. The minimum atomic E-state index is -0.186. The third-order valence-corrected chi connectivity index (χ3v) is 2.88. The van der Waals surface area contributed by atoms with Crippen LogP contribution in [0.4, 0.5) is 5.69 Å². The van der Waals surface area contributed by atoms with Crippen LogP contribution in [0.1, 0.15) is 30.4 Å². The summed E-state index contributed by atoms with van der Waals surface area (Å²) in [6.45, 7) is 2.93. The van der Waals surface area contributed by atoms with Gasteiger partial charge in [0.2, 0.25) is 0 Å². The lowest BCUT2D eigenvalue weighted by molar-refractivity contribution is -0.143. The first-order valence-corrected chi connectivity index (χ1v) is 5.68. The van der Waals surface area contributed by atoms with Crippen molar-refractivity contribution in [3.8, 4) is 6.07 Å². The quantitative estimate of drug-likeness (QED) is 0.807. The van der Waals surface area contributed by atoms with E-state index in [-0.39, 0.29) is 11.9 Å². The van der Waals surface area contributed by atoms with Crippen molar-refractivity contribution in [1.29, 1.82) is 5.26 Å². The van der Waals surface area contributed by atoms with Crippen LogP contribution in [-0.4, -0.2) is 19.1 Å². The fourth-order valence-corrected chi connectivity index (χ4v) is 2.08. The van der Waals surface area contributed by atoms with Crippen LogP contribution in [-0.2, 0) is 9.53 Å². The maximum absolute atomic E-state index is 11.4. The second-order valence-electron chi connectivity index (χ2n) is 4.00. The highest BCUT2D eigenvalue weighted by molar-refractivity contribution is 5.73. The van der Waals surface area contributed by atoms with E-state index in [0.717, 1.165) is 17.8 Å². The zero-order chi connectivity index (χ0) is 12.3. The third-order valence-electron chi connectivity index (χ3n) is 2.88. The standard InChI is InChI=1S/C13H14N2O2/c1-2-17-13(16)6-10-8-15-12-4-3-9(7-14)5-11(10)12/h3-5,10,15H,2,6,8H2,1H3. The molecule has 0 radical (unpaired) electrons. The van der Waals surface area contributed by atoms with Crippen LogP contribution in [0.2, 0.25) is 0 Å². The molecule has 0 fully saturated rings. The van der Waals surface area contributed by atoms with E-state index < -0.39 is 0 Å². The largest absolute Gasteiger partial charge is 0.466 e. The number of fused-ring (bicyclic) bond motifs is 1. The second-order valence-corrected chi connectivity index (χ2v) is 4.00. The SMILES string of the molecule is CCOC(=O)CC1CNc2ccc(C#N)cc21. The summed E-state index contributed by atoms with van der Waals surface area (Å²) in [4.78, 5) is 11.4. The molecular weight excluding hydrogens is 216 g/mol. The van der Waals surface area contributed by atoms with E-state index in [2.05, 4.69) is 11.4 Å². The summed E-state index contributed by atoms with van der Waals surface area (Å²) in [5, 5.41) is 12.1. The van der Waals surface area contributed by atoms with E-state index in [9.17, 15) is 4.79 Å². The number of nitrogens with zero attached hydrogens (tertiary/aromatic N) is 1. The summed E-state index contributed by atoms with van der Waals surface area (Å²) in [6.07, 6.45) is 0.364. The number of esters is 1. The number of benzene rings is 1. The Morgan fingerprint density at radius 3 is 3.18 bits per heavy atom. The summed E-state index contributed by atoms with van der Waals surface area (Å²) >= 11 is 0. The molecule has 1 heterocycles. The first kappa shape index (κ1) is 11.5. The van der Waals surface area contributed by atoms with E-state index in [4.69, 9.17) is 10.00 Å². The molecule has 1 aliphatic rings. The molecule has 17 heavy (non-hydrogen) atoms. The van der Waals surface area contributed by atoms with Crippen LogP contribution >= 0.6 is 0 Å². The van der Waals surface area contributed by atoms with Crippen molar-refractivity contribution in [1.82, 2.24) is 0 Å². The zero-order valence-electron chi connectivity index (χ0n) is 9.69. The normalized spacial score (nSPS) is 16.8. The summed E-state index contributed by atoms with van der Waals surface area (Å²) in [6, 6.07) is 7.62. The van der Waals surface area contributed by atoms with Crippen LogP contribution < -0.4 is 5.32 Å². The first-order chi connectivity index (χ1) is 8.24. The van der Waals surface area contributed by atoms with Gasteiger partial charge in [0.05, 0.1) is 24.7 Å². The summed E-state index contributed by atoms with van der Waals surface area (Å²) < 4.78 is 4.94. The van der Waals surface area contributed by atoms with E-state index in [0.29, 0.717) is 18.6 Å². The highest BCUT2D eigenvalue weighted by Gasteiger charge is 2.25. The molecule has 0 saturated carbocycles. The molecule has 0 bridgehead atoms. The summed E-state index contributed by atoms with van der Waals surface area (Å²) in [7, 11) is 0. The number of rotatable bonds is 3. The van der Waals surface area contributed by atoms with Crippen molar-refractivity contribution in [2.24, 2.45) is 0 Å². The van der Waals surface area contributed by atoms with Gasteiger partial charge >= 0.3 is 5.97 Å². The molecule has 1 unspecified atom stereocenters. The Hall–Kier alpha value is -2.02. The second kappa shape index (κ2) is 4.88. The molecular formula is C13H14N2O2. The molecule has 4 heteroatoms. The molecule has 1 aromatic rings. The van der Waals surface area contributed by atoms with Gasteiger partial charge in [0.1, 0.15) is 0 Å². The topological polar surface area (TPSA) is 62.1 Å². The number of nitriles is 1. The van der Waals surface area contributed by atoms with Crippen molar-refractivity contribution in [2.45, 2.75) is 19.3 Å². The van der Waals surface area contributed by atoms with Gasteiger partial charge in [0.15, 0.2) is 0 Å². The number of anilines is 1. The van der Waals surface area contributed by atoms with Gasteiger partial charge < -0.3 is 10.1 Å². The van der Waals surface area contributed by atoms with E-state index >= 15 is 0 Å². The minimum Gasteiger partial charge on any atom is -0.466 e. The molecule has 0 amide bonds. The molecule has 1 N–H and O–H groups in total. The molecule has 1 aromatic carbocycles. The fourth-order valence-electron chi connectivity index (χ4n) is 2.08. The average Bonchev–Trinajstić information content (AvgIpc) is 2.72. The molecule has 1 atom stereocenters. The van der Waals surface area contributed by atoms with Crippen LogP contribution in [0, 0.1) is 11.3 Å². The van der Waals surface area contributed by atoms with Crippen LogP contribution in [0.15, 0.2) is 18.2 Å². The third kappa shape index (κ3) is 2.39. The molecule has 0 saturated heterocycles. The maximum atomic E-state index is 11.4. The van der Waals surface area contributed by atoms with Crippen LogP contribution in [0.25, 0.3) is 0 Å². The number of carbonyl (C=O) groups excluding carboxylic acids is 1. The molecule has 0 aromatic heterocycles. The number of hydrogen-bond donors (Lipinski definition) is 1. The van der Waals surface area contributed by atoms with Crippen molar-refractivity contribution >= 4 is 11.7 Å². The first-order valence-electron chi connectivity index (χ1n) is 5.68. The van der Waals surface area contributed by atoms with Crippen LogP contribution in [0.3, 0.4) is 0 Å². The molecule has 2 rings (SSSR count). The molecule has 0 spiro atoms. The van der Waals surface area contributed by atoms with Crippen molar-refractivity contribution in [2.75, 3.05) is 18.5 Å². The summed E-state index contributed by atoms with van der Waals surface area (Å²) in [5.41, 5.74) is 2.68. The molecule has 1 aliphatic heterocycles. The van der Waals surface area contributed by atoms with Gasteiger partial charge in [-0.2, -0.15) is 5.26 Å². The molecule has 0 aliphatic carbocycles. The number of ether oxygens (including phenoxy) is 1. The van der Waals surface area contributed by atoms with Crippen molar-refractivity contribution < 1.29 is 9.53 Å². The van der Waals surface area contributed by atoms with Gasteiger partial charge in [-0.25, -0.2) is 0 Å². The Balaban J connectivity index is 2.15. The lowest BCUT2D eigenvalue weighted by atomic mass is 9.96. The predicted molar refractivity (Wildman–Crippen MR) is 63.6 cm³/mol. The van der Waals surface area contributed by atoms with Crippen molar-refractivity contribution in [3.05, 3.63) is 29.3 Å². The number of hydrogen-bond acceptors (Lipinski definition) is 4. The zero-order valence-corrected chi connectivity index (χ0v) is 9.69. The fraction of sp³-hybridized carbons (Fsp3) is 0.385. The minimum absolute atomic E-state index is 0.109. The molecule has 4 nitrogen and oxygen atoms in total. The van der Waals surface area contributed by atoms with Gasteiger partial charge in [0.25, 0.3) is 0 Å². The van der Waals surface area contributed by atoms with Crippen molar-refractivity contribution in [3.63, 3.8) is 0 Å². The highest BCUT2D eigenvalue weighted by Crippen LogP contribution is 2.34. The lowest BCUT2D eigenvalue weighted by Gasteiger charge is -2.09. The lowest BCUT2D eigenvalue weighted by Crippen LogP contribution is -2.11. The van der Waals surface area contributed by atoms with Gasteiger partial charge in [-0.15, -0.1) is 0 Å². The van der Waals surface area contributed by atoms with E-state index in [1.54, 1.807) is 13.0 Å². The Bertz CT molecular complexity index is 477. The van der Waals surface area contributed by atoms with Gasteiger partial charge in [0, 0.05) is 18.2 Å². The van der Waals surface area contributed by atoms with Gasteiger partial charge in [-0.1, -0.05) is 0 Å². The Morgan fingerprint density at radius 2 is 2.47 bits per heavy atom. The maximum Gasteiger partial charge on any atom is 0.306 e.